The van der Waals surface area contributed by atoms with Crippen LogP contribution in [0.1, 0.15) is 5.56 Å². The van der Waals surface area contributed by atoms with Gasteiger partial charge in [-0.3, -0.25) is 9.36 Å². The van der Waals surface area contributed by atoms with Crippen LogP contribution in [0.4, 0.5) is 0 Å². The molecule has 0 spiro atoms. The van der Waals surface area contributed by atoms with Gasteiger partial charge in [-0.25, -0.2) is 0 Å². The molecular weight excluding hydrogens is 292 g/mol. The van der Waals surface area contributed by atoms with E-state index < -0.39 is 0 Å². The van der Waals surface area contributed by atoms with Gasteiger partial charge in [0, 0.05) is 5.02 Å². The maximum absolute atomic E-state index is 12.6. The van der Waals surface area contributed by atoms with Crippen molar-refractivity contribution in [1.82, 2.24) is 9.55 Å². The number of aromatic amines is 1. The SMILES string of the molecule is Cc1ccc(-n2c(=S)[nH]c3cc(Cl)ccc3c2=O)cc1. The zero-order valence-corrected chi connectivity index (χ0v) is 12.3. The Labute approximate surface area is 125 Å². The highest BCUT2D eigenvalue weighted by Crippen LogP contribution is 2.16. The quantitative estimate of drug-likeness (QED) is 0.690. The second-order valence-corrected chi connectivity index (χ2v) is 5.42. The van der Waals surface area contributed by atoms with Crippen LogP contribution in [0.3, 0.4) is 0 Å². The summed E-state index contributed by atoms with van der Waals surface area (Å²) in [5.41, 5.74) is 2.38. The Morgan fingerprint density at radius 1 is 1.15 bits per heavy atom. The van der Waals surface area contributed by atoms with Gasteiger partial charge in [-0.1, -0.05) is 29.3 Å². The number of aromatic nitrogens is 2. The Balaban J connectivity index is 2.37. The summed E-state index contributed by atoms with van der Waals surface area (Å²) in [6.45, 7) is 2.00. The number of rotatable bonds is 1. The van der Waals surface area contributed by atoms with Gasteiger partial charge >= 0.3 is 0 Å². The first-order valence-corrected chi connectivity index (χ1v) is 6.86. The smallest absolute Gasteiger partial charge is 0.266 e. The molecule has 100 valence electrons. The predicted molar refractivity (Wildman–Crippen MR) is 84.5 cm³/mol. The van der Waals surface area contributed by atoms with E-state index in [1.807, 2.05) is 31.2 Å². The molecule has 20 heavy (non-hydrogen) atoms. The molecule has 1 aromatic heterocycles. The van der Waals surface area contributed by atoms with E-state index in [0.717, 1.165) is 11.3 Å². The van der Waals surface area contributed by atoms with Crippen LogP contribution in [0.15, 0.2) is 47.3 Å². The molecule has 5 heteroatoms. The van der Waals surface area contributed by atoms with Crippen LogP contribution in [-0.2, 0) is 0 Å². The lowest BCUT2D eigenvalue weighted by molar-refractivity contribution is 0.939. The van der Waals surface area contributed by atoms with Crippen molar-refractivity contribution in [3.05, 3.63) is 68.2 Å². The largest absolute Gasteiger partial charge is 0.331 e. The molecule has 0 unspecified atom stereocenters. The minimum absolute atomic E-state index is 0.149. The normalized spacial score (nSPS) is 10.9. The average molecular weight is 303 g/mol. The molecule has 0 fully saturated rings. The molecule has 1 heterocycles. The van der Waals surface area contributed by atoms with Gasteiger partial charge in [-0.05, 0) is 49.5 Å². The first-order valence-electron chi connectivity index (χ1n) is 6.08. The number of nitrogens with one attached hydrogen (secondary N) is 1. The molecule has 1 N–H and O–H groups in total. The Hall–Kier alpha value is -1.91. The third-order valence-electron chi connectivity index (χ3n) is 3.15. The molecule has 0 radical (unpaired) electrons. The van der Waals surface area contributed by atoms with Crippen LogP contribution < -0.4 is 5.56 Å². The van der Waals surface area contributed by atoms with Crippen molar-refractivity contribution in [1.29, 1.82) is 0 Å². The van der Waals surface area contributed by atoms with Gasteiger partial charge in [0.2, 0.25) is 0 Å². The minimum Gasteiger partial charge on any atom is -0.331 e. The number of nitrogens with zero attached hydrogens (tertiary/aromatic N) is 1. The van der Waals surface area contributed by atoms with Gasteiger partial charge in [0.1, 0.15) is 0 Å². The van der Waals surface area contributed by atoms with Gasteiger partial charge in [-0.15, -0.1) is 0 Å². The van der Waals surface area contributed by atoms with E-state index in [1.54, 1.807) is 18.2 Å². The molecule has 0 saturated heterocycles. The number of halogens is 1. The Bertz CT molecular complexity index is 910. The second-order valence-electron chi connectivity index (χ2n) is 4.60. The molecule has 0 aliphatic carbocycles. The van der Waals surface area contributed by atoms with Crippen LogP contribution in [0.2, 0.25) is 5.02 Å². The van der Waals surface area contributed by atoms with Gasteiger partial charge in [0.15, 0.2) is 4.77 Å². The van der Waals surface area contributed by atoms with Crippen LogP contribution in [-0.4, -0.2) is 9.55 Å². The summed E-state index contributed by atoms with van der Waals surface area (Å²) < 4.78 is 1.85. The second kappa shape index (κ2) is 4.89. The van der Waals surface area contributed by atoms with Crippen molar-refractivity contribution < 1.29 is 0 Å². The van der Waals surface area contributed by atoms with E-state index >= 15 is 0 Å². The Morgan fingerprint density at radius 3 is 2.55 bits per heavy atom. The number of hydrogen-bond acceptors (Lipinski definition) is 2. The number of benzene rings is 2. The fraction of sp³-hybridized carbons (Fsp3) is 0.0667. The Morgan fingerprint density at radius 2 is 1.85 bits per heavy atom. The van der Waals surface area contributed by atoms with E-state index in [1.165, 1.54) is 4.57 Å². The van der Waals surface area contributed by atoms with E-state index in [-0.39, 0.29) is 5.56 Å². The molecule has 2 aromatic carbocycles. The summed E-state index contributed by atoms with van der Waals surface area (Å²) in [5.74, 6) is 0. The van der Waals surface area contributed by atoms with Crippen LogP contribution in [0.25, 0.3) is 16.6 Å². The van der Waals surface area contributed by atoms with Crippen molar-refractivity contribution in [3.63, 3.8) is 0 Å². The fourth-order valence-corrected chi connectivity index (χ4v) is 2.59. The topological polar surface area (TPSA) is 37.8 Å². The third-order valence-corrected chi connectivity index (χ3v) is 3.67. The molecule has 0 saturated carbocycles. The predicted octanol–water partition coefficient (Wildman–Crippen LogP) is 4.01. The summed E-state index contributed by atoms with van der Waals surface area (Å²) in [7, 11) is 0. The zero-order chi connectivity index (χ0) is 14.3. The molecule has 0 amide bonds. The van der Waals surface area contributed by atoms with E-state index in [9.17, 15) is 4.79 Å². The number of aryl methyl sites for hydroxylation is 1. The fourth-order valence-electron chi connectivity index (χ4n) is 2.12. The summed E-state index contributed by atoms with van der Waals surface area (Å²) in [4.78, 5) is 15.6. The number of fused-ring (bicyclic) bond motifs is 1. The van der Waals surface area contributed by atoms with Gasteiger partial charge < -0.3 is 4.98 Å². The van der Waals surface area contributed by atoms with Crippen molar-refractivity contribution >= 4 is 34.7 Å². The lowest BCUT2D eigenvalue weighted by Crippen LogP contribution is -2.20. The van der Waals surface area contributed by atoms with Gasteiger partial charge in [0.25, 0.3) is 5.56 Å². The standard InChI is InChI=1S/C15H11ClN2OS/c1-9-2-5-11(6-3-9)18-14(19)12-7-4-10(16)8-13(12)17-15(18)20/h2-8H,1H3,(H,17,20). The summed E-state index contributed by atoms with van der Waals surface area (Å²) in [6.07, 6.45) is 0. The Kier molecular flexibility index (Phi) is 3.20. The zero-order valence-electron chi connectivity index (χ0n) is 10.7. The first kappa shape index (κ1) is 13.1. The highest BCUT2D eigenvalue weighted by molar-refractivity contribution is 7.71. The molecule has 0 atom stereocenters. The van der Waals surface area contributed by atoms with Gasteiger partial charge in [0.05, 0.1) is 16.6 Å². The average Bonchev–Trinajstić information content (AvgIpc) is 2.40. The van der Waals surface area contributed by atoms with Crippen LogP contribution in [0, 0.1) is 11.7 Å². The lowest BCUT2D eigenvalue weighted by Gasteiger charge is -2.08. The van der Waals surface area contributed by atoms with E-state index in [0.29, 0.717) is 20.7 Å². The molecule has 0 bridgehead atoms. The monoisotopic (exact) mass is 302 g/mol. The third kappa shape index (κ3) is 2.17. The summed E-state index contributed by atoms with van der Waals surface area (Å²) in [5, 5.41) is 1.12. The maximum atomic E-state index is 12.6. The summed E-state index contributed by atoms with van der Waals surface area (Å²) >= 11 is 11.2. The maximum Gasteiger partial charge on any atom is 0.266 e. The molecule has 0 aliphatic heterocycles. The van der Waals surface area contributed by atoms with E-state index in [2.05, 4.69) is 4.98 Å². The summed E-state index contributed by atoms with van der Waals surface area (Å²) in [6, 6.07) is 12.8. The van der Waals surface area contributed by atoms with Crippen LogP contribution in [0.5, 0.6) is 0 Å². The van der Waals surface area contributed by atoms with Crippen LogP contribution >= 0.6 is 23.8 Å². The molecule has 0 aliphatic rings. The van der Waals surface area contributed by atoms with E-state index in [4.69, 9.17) is 23.8 Å². The number of hydrogen-bond donors (Lipinski definition) is 1. The highest BCUT2D eigenvalue weighted by Gasteiger charge is 2.07. The molecule has 3 rings (SSSR count). The van der Waals surface area contributed by atoms with Crippen molar-refractivity contribution in [2.45, 2.75) is 6.92 Å². The molecular formula is C15H11ClN2OS. The number of H-pyrrole nitrogens is 1. The lowest BCUT2D eigenvalue weighted by atomic mass is 10.2. The van der Waals surface area contributed by atoms with Crippen molar-refractivity contribution in [3.8, 4) is 5.69 Å². The van der Waals surface area contributed by atoms with Crippen molar-refractivity contribution in [2.75, 3.05) is 0 Å². The first-order chi connectivity index (χ1) is 9.56. The highest BCUT2D eigenvalue weighted by atomic mass is 35.5. The van der Waals surface area contributed by atoms with Gasteiger partial charge in [-0.2, -0.15) is 0 Å². The van der Waals surface area contributed by atoms with Crippen molar-refractivity contribution in [2.24, 2.45) is 0 Å². The molecule has 3 nitrogen and oxygen atoms in total. The molecule has 3 aromatic rings. The minimum atomic E-state index is -0.149.